The monoisotopic (exact) mass is 1040 g/mol. The third kappa shape index (κ3) is 57.0. The lowest BCUT2D eigenvalue weighted by molar-refractivity contribution is -0.870. The summed E-state index contributed by atoms with van der Waals surface area (Å²) in [6.07, 6.45) is 67.8. The van der Waals surface area contributed by atoms with E-state index in [0.29, 0.717) is 17.4 Å². The van der Waals surface area contributed by atoms with Crippen LogP contribution in [0.25, 0.3) is 0 Å². The van der Waals surface area contributed by atoms with E-state index in [-0.39, 0.29) is 32.2 Å². The fourth-order valence-corrected chi connectivity index (χ4v) is 8.96. The van der Waals surface area contributed by atoms with Crippen LogP contribution in [-0.4, -0.2) is 87.4 Å². The highest BCUT2D eigenvalue weighted by Crippen LogP contribution is 2.17. The van der Waals surface area contributed by atoms with Crippen molar-refractivity contribution >= 4 is 17.9 Å². The molecule has 1 N–H and O–H groups in total. The van der Waals surface area contributed by atoms with Gasteiger partial charge in [0.1, 0.15) is 13.2 Å². The molecular formula is C65H120NO8+. The third-order valence-corrected chi connectivity index (χ3v) is 13.8. The molecule has 0 aliphatic rings. The van der Waals surface area contributed by atoms with Crippen LogP contribution >= 0.6 is 0 Å². The number of esters is 2. The Morgan fingerprint density at radius 2 is 0.730 bits per heavy atom. The topological polar surface area (TPSA) is 108 Å². The highest BCUT2D eigenvalue weighted by atomic mass is 16.7. The maximum absolute atomic E-state index is 12.9. The largest absolute Gasteiger partial charge is 0.477 e. The number of ether oxygens (including phenoxy) is 4. The normalized spacial score (nSPS) is 13.0. The van der Waals surface area contributed by atoms with Crippen LogP contribution in [0.1, 0.15) is 290 Å². The molecule has 0 radical (unpaired) electrons. The molecule has 0 aromatic heterocycles. The van der Waals surface area contributed by atoms with Crippen molar-refractivity contribution in [3.63, 3.8) is 0 Å². The number of allylic oxidation sites excluding steroid dienone is 8. The molecule has 0 bridgehead atoms. The second kappa shape index (κ2) is 56.5. The first-order valence-corrected chi connectivity index (χ1v) is 31.3. The SMILES string of the molecule is CCCCCCC/C=C\C/C=C\C/C=C\CCCCCCCCCCCCCCCCCCCCC(=O)OC(COC(=O)CCCCCCC/C=C\CCCCCCCCC)COC(OCC[N+](C)(C)C)C(=O)O. The van der Waals surface area contributed by atoms with Crippen LogP contribution in [0, 0.1) is 0 Å². The number of carbonyl (C=O) groups excluding carboxylic acids is 2. The summed E-state index contributed by atoms with van der Waals surface area (Å²) in [5.74, 6) is -2.00. The van der Waals surface area contributed by atoms with Crippen molar-refractivity contribution in [2.24, 2.45) is 0 Å². The van der Waals surface area contributed by atoms with Gasteiger partial charge in [0.15, 0.2) is 6.10 Å². The lowest BCUT2D eigenvalue weighted by Crippen LogP contribution is -2.40. The van der Waals surface area contributed by atoms with Crippen LogP contribution in [0.2, 0.25) is 0 Å². The van der Waals surface area contributed by atoms with Gasteiger partial charge in [0.25, 0.3) is 6.29 Å². The summed E-state index contributed by atoms with van der Waals surface area (Å²) in [6, 6.07) is 0. The summed E-state index contributed by atoms with van der Waals surface area (Å²) in [5.41, 5.74) is 0. The van der Waals surface area contributed by atoms with Crippen molar-refractivity contribution in [3.05, 3.63) is 48.6 Å². The summed E-state index contributed by atoms with van der Waals surface area (Å²) in [5, 5.41) is 9.71. The van der Waals surface area contributed by atoms with Gasteiger partial charge < -0.3 is 28.5 Å². The standard InChI is InChI=1S/C65H119NO8/c1-6-8-10-12-14-16-18-20-22-24-25-26-27-28-29-30-31-32-33-34-35-36-37-38-39-40-42-44-46-48-50-52-54-56-63(68)74-61(60-73-65(64(69)70)71-58-57-66(3,4)5)59-72-62(67)55-53-51-49-47-45-43-41-23-21-19-17-15-13-11-9-7-2/h18,20,23-25,27-28,41,61,65H,6-17,19,21-22,26,29-40,42-60H2,1-5H3/p+1/b20-18-,25-24-,28-27-,41-23-. The summed E-state index contributed by atoms with van der Waals surface area (Å²) >= 11 is 0. The summed E-state index contributed by atoms with van der Waals surface area (Å²) < 4.78 is 22.9. The smallest absolute Gasteiger partial charge is 0.361 e. The maximum atomic E-state index is 12.9. The molecule has 0 fully saturated rings. The lowest BCUT2D eigenvalue weighted by Gasteiger charge is -2.25. The van der Waals surface area contributed by atoms with Gasteiger partial charge in [-0.2, -0.15) is 0 Å². The van der Waals surface area contributed by atoms with Gasteiger partial charge in [-0.05, 0) is 77.0 Å². The summed E-state index contributed by atoms with van der Waals surface area (Å²) in [7, 11) is 5.97. The number of carboxylic acids is 1. The molecule has 9 nitrogen and oxygen atoms in total. The van der Waals surface area contributed by atoms with Gasteiger partial charge in [0.05, 0.1) is 34.4 Å². The van der Waals surface area contributed by atoms with E-state index in [4.69, 9.17) is 18.9 Å². The fourth-order valence-electron chi connectivity index (χ4n) is 8.96. The van der Waals surface area contributed by atoms with Crippen LogP contribution in [0.15, 0.2) is 48.6 Å². The van der Waals surface area contributed by atoms with Gasteiger partial charge in [-0.25, -0.2) is 4.79 Å². The minimum Gasteiger partial charge on any atom is -0.477 e. The Morgan fingerprint density at radius 3 is 1.09 bits per heavy atom. The number of rotatable bonds is 58. The van der Waals surface area contributed by atoms with Crippen LogP contribution in [0.3, 0.4) is 0 Å². The number of hydrogen-bond donors (Lipinski definition) is 1. The van der Waals surface area contributed by atoms with E-state index in [2.05, 4.69) is 62.5 Å². The first-order chi connectivity index (χ1) is 36.1. The lowest BCUT2D eigenvalue weighted by atomic mass is 10.0. The molecule has 0 rings (SSSR count). The number of quaternary nitrogens is 1. The van der Waals surface area contributed by atoms with E-state index in [0.717, 1.165) is 64.2 Å². The molecule has 0 aliphatic heterocycles. The van der Waals surface area contributed by atoms with Gasteiger partial charge in [-0.15, -0.1) is 0 Å². The van der Waals surface area contributed by atoms with E-state index in [1.54, 1.807) is 0 Å². The molecule has 0 aromatic carbocycles. The van der Waals surface area contributed by atoms with Crippen LogP contribution in [-0.2, 0) is 33.3 Å². The van der Waals surface area contributed by atoms with Crippen LogP contribution in [0.5, 0.6) is 0 Å². The molecule has 0 aromatic rings. The zero-order valence-electron chi connectivity index (χ0n) is 49.3. The molecule has 9 heteroatoms. The van der Waals surface area contributed by atoms with Gasteiger partial charge in [-0.1, -0.05) is 249 Å². The average molecular weight is 1040 g/mol. The van der Waals surface area contributed by atoms with E-state index >= 15 is 0 Å². The molecule has 2 unspecified atom stereocenters. The van der Waals surface area contributed by atoms with Crippen molar-refractivity contribution in [2.75, 3.05) is 47.5 Å². The Kier molecular flexibility index (Phi) is 54.4. The molecule has 0 heterocycles. The molecule has 2 atom stereocenters. The predicted octanol–water partition coefficient (Wildman–Crippen LogP) is 18.6. The van der Waals surface area contributed by atoms with Crippen LogP contribution in [0.4, 0.5) is 0 Å². The minimum absolute atomic E-state index is 0.184. The van der Waals surface area contributed by atoms with E-state index in [1.165, 1.54) is 199 Å². The first-order valence-electron chi connectivity index (χ1n) is 31.3. The Balaban J connectivity index is 4.09. The first kappa shape index (κ1) is 71.2. The number of carbonyl (C=O) groups is 3. The number of aliphatic carboxylic acids is 1. The van der Waals surface area contributed by atoms with Gasteiger partial charge in [-0.3, -0.25) is 9.59 Å². The molecule has 0 spiro atoms. The van der Waals surface area contributed by atoms with Crippen molar-refractivity contribution in [3.8, 4) is 0 Å². The van der Waals surface area contributed by atoms with Crippen molar-refractivity contribution in [1.29, 1.82) is 0 Å². The number of likely N-dealkylation sites (N-methyl/N-ethyl adjacent to an activating group) is 1. The Bertz CT molecular complexity index is 1350. The Labute approximate surface area is 457 Å². The summed E-state index contributed by atoms with van der Waals surface area (Å²) in [4.78, 5) is 37.4. The van der Waals surface area contributed by atoms with Gasteiger partial charge in [0, 0.05) is 12.8 Å². The zero-order valence-corrected chi connectivity index (χ0v) is 49.3. The third-order valence-electron chi connectivity index (χ3n) is 13.8. The van der Waals surface area contributed by atoms with E-state index < -0.39 is 24.3 Å². The van der Waals surface area contributed by atoms with Crippen LogP contribution < -0.4 is 0 Å². The van der Waals surface area contributed by atoms with Crippen molar-refractivity contribution in [1.82, 2.24) is 0 Å². The van der Waals surface area contributed by atoms with Gasteiger partial charge >= 0.3 is 17.9 Å². The van der Waals surface area contributed by atoms with Crippen molar-refractivity contribution in [2.45, 2.75) is 302 Å². The molecule has 0 amide bonds. The maximum Gasteiger partial charge on any atom is 0.361 e. The minimum atomic E-state index is -1.51. The molecule has 0 saturated carbocycles. The fraction of sp³-hybridized carbons (Fsp3) is 0.831. The van der Waals surface area contributed by atoms with E-state index in [1.807, 2.05) is 21.1 Å². The predicted molar refractivity (Wildman–Crippen MR) is 314 cm³/mol. The van der Waals surface area contributed by atoms with E-state index in [9.17, 15) is 19.5 Å². The van der Waals surface area contributed by atoms with Gasteiger partial charge in [0.2, 0.25) is 0 Å². The number of unbranched alkanes of at least 4 members (excludes halogenated alkanes) is 35. The summed E-state index contributed by atoms with van der Waals surface area (Å²) in [6.45, 7) is 4.88. The molecular weight excluding hydrogens is 923 g/mol. The molecule has 0 aliphatic carbocycles. The Hall–Kier alpha value is -2.75. The second-order valence-corrected chi connectivity index (χ2v) is 22.4. The highest BCUT2D eigenvalue weighted by Gasteiger charge is 2.25. The molecule has 432 valence electrons. The Morgan fingerprint density at radius 1 is 0.405 bits per heavy atom. The highest BCUT2D eigenvalue weighted by molar-refractivity contribution is 5.71. The van der Waals surface area contributed by atoms with Crippen molar-refractivity contribution < 1.29 is 42.9 Å². The second-order valence-electron chi connectivity index (χ2n) is 22.4. The number of hydrogen-bond acceptors (Lipinski definition) is 7. The zero-order chi connectivity index (χ0) is 54.1. The molecule has 0 saturated heterocycles. The average Bonchev–Trinajstić information content (AvgIpc) is 3.37. The number of carboxylic acid groups (broad SMARTS) is 1. The number of nitrogens with zero attached hydrogens (tertiary/aromatic N) is 1. The quantitative estimate of drug-likeness (QED) is 0.0211. The molecule has 74 heavy (non-hydrogen) atoms.